The Bertz CT molecular complexity index is 169. The number of carbonyl (C=O) groups excluding carboxylic acids is 1. The van der Waals surface area contributed by atoms with E-state index in [0.717, 1.165) is 19.4 Å². The maximum atomic E-state index is 11.1. The quantitative estimate of drug-likeness (QED) is 0.505. The molecule has 10 heavy (non-hydrogen) atoms. The molecular formula is C7H11NO2. The van der Waals surface area contributed by atoms with Crippen LogP contribution in [0.25, 0.3) is 0 Å². The molecule has 0 aliphatic carbocycles. The lowest BCUT2D eigenvalue weighted by molar-refractivity contribution is -0.134. The summed E-state index contributed by atoms with van der Waals surface area (Å²) in [7, 11) is 0. The fraction of sp³-hybridized carbons (Fsp3) is 0.857. The first-order valence-corrected chi connectivity index (χ1v) is 3.77. The lowest BCUT2D eigenvalue weighted by Crippen LogP contribution is -2.29. The van der Waals surface area contributed by atoms with Crippen LogP contribution in [0.2, 0.25) is 0 Å². The van der Waals surface area contributed by atoms with E-state index in [1.165, 1.54) is 0 Å². The normalized spacial score (nSPS) is 38.9. The Balaban J connectivity index is 2.17. The molecule has 0 spiro atoms. The molecule has 0 aromatic carbocycles. The summed E-state index contributed by atoms with van der Waals surface area (Å²) in [4.78, 5) is 12.9. The van der Waals surface area contributed by atoms with Gasteiger partial charge >= 0.3 is 0 Å². The number of nitrogens with zero attached hydrogens (tertiary/aromatic N) is 1. The Morgan fingerprint density at radius 1 is 1.60 bits per heavy atom. The molecule has 0 radical (unpaired) electrons. The number of hydrogen-bond acceptors (Lipinski definition) is 2. The first-order chi connectivity index (χ1) is 4.79. The predicted octanol–water partition coefficient (Wildman–Crippen LogP) is -0.258. The monoisotopic (exact) mass is 141 g/mol. The largest absolute Gasteiger partial charge is 0.383 e. The molecule has 0 aromatic rings. The van der Waals surface area contributed by atoms with Crippen LogP contribution in [0.15, 0.2) is 0 Å². The van der Waals surface area contributed by atoms with Gasteiger partial charge in [-0.3, -0.25) is 4.79 Å². The van der Waals surface area contributed by atoms with Crippen molar-refractivity contribution < 1.29 is 9.90 Å². The van der Waals surface area contributed by atoms with E-state index in [1.54, 1.807) is 0 Å². The zero-order chi connectivity index (χ0) is 7.14. The third kappa shape index (κ3) is 0.669. The lowest BCUT2D eigenvalue weighted by atomic mass is 10.1. The van der Waals surface area contributed by atoms with E-state index >= 15 is 0 Å². The van der Waals surface area contributed by atoms with E-state index in [9.17, 15) is 4.79 Å². The highest BCUT2D eigenvalue weighted by Crippen LogP contribution is 2.28. The predicted molar refractivity (Wildman–Crippen MR) is 35.4 cm³/mol. The zero-order valence-corrected chi connectivity index (χ0v) is 5.79. The standard InChI is InChI=1S/C7H11NO2/c9-6-4-5-2-1-3-8(5)7(6)10/h5-6,9H,1-4H2/t5-,6+/m1/s1. The molecule has 1 N–H and O–H groups in total. The van der Waals surface area contributed by atoms with Crippen molar-refractivity contribution in [2.24, 2.45) is 0 Å². The van der Waals surface area contributed by atoms with Crippen molar-refractivity contribution in [3.63, 3.8) is 0 Å². The fourth-order valence-electron chi connectivity index (χ4n) is 1.92. The van der Waals surface area contributed by atoms with Crippen molar-refractivity contribution >= 4 is 5.91 Å². The molecule has 0 aromatic heterocycles. The number of aliphatic hydroxyl groups is 1. The van der Waals surface area contributed by atoms with E-state index < -0.39 is 6.10 Å². The Morgan fingerprint density at radius 2 is 2.40 bits per heavy atom. The molecule has 2 fully saturated rings. The molecule has 3 heteroatoms. The average molecular weight is 141 g/mol. The van der Waals surface area contributed by atoms with E-state index in [1.807, 2.05) is 4.90 Å². The van der Waals surface area contributed by atoms with Crippen molar-refractivity contribution in [2.75, 3.05) is 6.54 Å². The maximum absolute atomic E-state index is 11.1. The van der Waals surface area contributed by atoms with Crippen molar-refractivity contribution in [3.8, 4) is 0 Å². The number of hydrogen-bond donors (Lipinski definition) is 1. The molecule has 2 rings (SSSR count). The van der Waals surface area contributed by atoms with Crippen LogP contribution in [0.5, 0.6) is 0 Å². The van der Waals surface area contributed by atoms with Gasteiger partial charge in [-0.1, -0.05) is 0 Å². The molecule has 2 aliphatic rings. The number of fused-ring (bicyclic) bond motifs is 1. The van der Waals surface area contributed by atoms with Gasteiger partial charge in [0.15, 0.2) is 0 Å². The van der Waals surface area contributed by atoms with E-state index in [-0.39, 0.29) is 5.91 Å². The van der Waals surface area contributed by atoms with Gasteiger partial charge < -0.3 is 10.0 Å². The molecule has 3 nitrogen and oxygen atoms in total. The number of amides is 1. The molecule has 0 bridgehead atoms. The van der Waals surface area contributed by atoms with Gasteiger partial charge in [-0.25, -0.2) is 0 Å². The van der Waals surface area contributed by atoms with Crippen LogP contribution < -0.4 is 0 Å². The van der Waals surface area contributed by atoms with Gasteiger partial charge in [-0.05, 0) is 12.8 Å². The summed E-state index contributed by atoms with van der Waals surface area (Å²) in [6.07, 6.45) is 2.18. The number of rotatable bonds is 0. The van der Waals surface area contributed by atoms with Gasteiger partial charge in [0.1, 0.15) is 6.10 Å². The number of carbonyl (C=O) groups is 1. The SMILES string of the molecule is O=C1[C@@H](O)C[C@H]2CCCN12. The highest BCUT2D eigenvalue weighted by atomic mass is 16.3. The van der Waals surface area contributed by atoms with Crippen LogP contribution in [0, 0.1) is 0 Å². The Labute approximate surface area is 59.6 Å². The molecule has 1 amide bonds. The van der Waals surface area contributed by atoms with Crippen molar-refractivity contribution in [3.05, 3.63) is 0 Å². The minimum Gasteiger partial charge on any atom is -0.383 e. The van der Waals surface area contributed by atoms with Gasteiger partial charge in [0.2, 0.25) is 0 Å². The average Bonchev–Trinajstić information content (AvgIpc) is 2.41. The van der Waals surface area contributed by atoms with Gasteiger partial charge in [0.25, 0.3) is 5.91 Å². The minimum absolute atomic E-state index is 0.0532. The molecule has 2 aliphatic heterocycles. The fourth-order valence-corrected chi connectivity index (χ4v) is 1.92. The van der Waals surface area contributed by atoms with Gasteiger partial charge in [0, 0.05) is 19.0 Å². The molecule has 2 saturated heterocycles. The minimum atomic E-state index is -0.690. The van der Waals surface area contributed by atoms with Crippen molar-refractivity contribution in [2.45, 2.75) is 31.4 Å². The highest BCUT2D eigenvalue weighted by molar-refractivity contribution is 5.83. The summed E-state index contributed by atoms with van der Waals surface area (Å²) in [6, 6.07) is 0.363. The topological polar surface area (TPSA) is 40.5 Å². The van der Waals surface area contributed by atoms with Gasteiger partial charge in [0.05, 0.1) is 0 Å². The van der Waals surface area contributed by atoms with E-state index in [0.29, 0.717) is 12.5 Å². The van der Waals surface area contributed by atoms with Crippen LogP contribution in [0.3, 0.4) is 0 Å². The smallest absolute Gasteiger partial charge is 0.251 e. The van der Waals surface area contributed by atoms with Gasteiger partial charge in [-0.15, -0.1) is 0 Å². The second-order valence-corrected chi connectivity index (χ2v) is 3.08. The third-order valence-corrected chi connectivity index (χ3v) is 2.44. The first-order valence-electron chi connectivity index (χ1n) is 3.77. The van der Waals surface area contributed by atoms with Crippen molar-refractivity contribution in [1.29, 1.82) is 0 Å². The molecule has 0 saturated carbocycles. The van der Waals surface area contributed by atoms with E-state index in [4.69, 9.17) is 5.11 Å². The Kier molecular flexibility index (Phi) is 1.20. The van der Waals surface area contributed by atoms with Crippen LogP contribution in [0.1, 0.15) is 19.3 Å². The Hall–Kier alpha value is -0.570. The van der Waals surface area contributed by atoms with E-state index in [2.05, 4.69) is 0 Å². The maximum Gasteiger partial charge on any atom is 0.251 e. The highest BCUT2D eigenvalue weighted by Gasteiger charge is 2.40. The summed E-state index contributed by atoms with van der Waals surface area (Å²) in [5.41, 5.74) is 0. The third-order valence-electron chi connectivity index (χ3n) is 2.44. The second kappa shape index (κ2) is 1.95. The Morgan fingerprint density at radius 3 is 3.10 bits per heavy atom. The molecule has 2 atom stereocenters. The summed E-state index contributed by atoms with van der Waals surface area (Å²) in [6.45, 7) is 0.862. The summed E-state index contributed by atoms with van der Waals surface area (Å²) < 4.78 is 0. The second-order valence-electron chi connectivity index (χ2n) is 3.08. The van der Waals surface area contributed by atoms with Crippen LogP contribution >= 0.6 is 0 Å². The molecular weight excluding hydrogens is 130 g/mol. The summed E-state index contributed by atoms with van der Waals surface area (Å²) in [5.74, 6) is -0.0532. The zero-order valence-electron chi connectivity index (χ0n) is 5.79. The molecule has 0 unspecified atom stereocenters. The van der Waals surface area contributed by atoms with Crippen LogP contribution in [0.4, 0.5) is 0 Å². The summed E-state index contributed by atoms with van der Waals surface area (Å²) in [5, 5.41) is 9.11. The van der Waals surface area contributed by atoms with Crippen LogP contribution in [-0.4, -0.2) is 34.6 Å². The lowest BCUT2D eigenvalue weighted by Gasteiger charge is -2.13. The van der Waals surface area contributed by atoms with Crippen molar-refractivity contribution in [1.82, 2.24) is 4.90 Å². The first kappa shape index (κ1) is 6.16. The molecule has 56 valence electrons. The van der Waals surface area contributed by atoms with Crippen LogP contribution in [-0.2, 0) is 4.79 Å². The number of aliphatic hydroxyl groups excluding tert-OH is 1. The van der Waals surface area contributed by atoms with Gasteiger partial charge in [-0.2, -0.15) is 0 Å². The molecule has 2 heterocycles. The summed E-state index contributed by atoms with van der Waals surface area (Å²) >= 11 is 0.